The minimum atomic E-state index is -4.58. The maximum absolute atomic E-state index is 12.9. The number of imidazole rings is 1. The highest BCUT2D eigenvalue weighted by atomic mass is 32.2. The van der Waals surface area contributed by atoms with Gasteiger partial charge in [-0.3, -0.25) is 10.9 Å². The molecule has 0 radical (unpaired) electrons. The van der Waals surface area contributed by atoms with E-state index < -0.39 is 21.7 Å². The Morgan fingerprint density at radius 3 is 2.56 bits per heavy atom. The van der Waals surface area contributed by atoms with E-state index in [1.807, 2.05) is 0 Å². The van der Waals surface area contributed by atoms with Crippen molar-refractivity contribution in [1.82, 2.24) is 20.0 Å². The molecule has 0 saturated carbocycles. The Hall–Kier alpha value is -2.82. The quantitative estimate of drug-likeness (QED) is 0.822. The van der Waals surface area contributed by atoms with Gasteiger partial charge in [-0.05, 0) is 24.3 Å². The number of pyridine rings is 1. The number of hydrazine groups is 1. The van der Waals surface area contributed by atoms with E-state index in [4.69, 9.17) is 0 Å². The topological polar surface area (TPSA) is 88.9 Å². The van der Waals surface area contributed by atoms with Crippen LogP contribution in [0.25, 0.3) is 23.7 Å². The second-order valence-corrected chi connectivity index (χ2v) is 7.97. The number of nitrogens with one attached hydrogen (secondary N) is 2. The molecule has 1 aliphatic rings. The third-order valence-corrected chi connectivity index (χ3v) is 5.80. The highest BCUT2D eigenvalue weighted by molar-refractivity contribution is 7.91. The number of sulfone groups is 1. The number of nitrogens with zero attached hydrogens (tertiary/aromatic N) is 3. The standard InChI is InChI=1S/C16H16F3N5O2S/c1-4-9-6-7-11(27(25,26)5-2)13(20-9)15-21-10-8-12(16(17,18)19)22-23-14(10)24(15)3/h4,6-8,22-23H,1,5H2,2-3H3. The van der Waals surface area contributed by atoms with Crippen LogP contribution in [0.15, 0.2) is 29.3 Å². The molecule has 2 N–H and O–H groups in total. The van der Waals surface area contributed by atoms with Crippen LogP contribution in [0, 0.1) is 0 Å². The van der Waals surface area contributed by atoms with Crippen molar-refractivity contribution in [3.63, 3.8) is 0 Å². The predicted molar refractivity (Wildman–Crippen MR) is 95.0 cm³/mol. The van der Waals surface area contributed by atoms with Crippen molar-refractivity contribution in [3.8, 4) is 11.5 Å². The van der Waals surface area contributed by atoms with E-state index in [1.165, 1.54) is 29.7 Å². The number of allylic oxidation sites excluding steroid dienone is 1. The Labute approximate surface area is 153 Å². The molecule has 2 aromatic heterocycles. The molecule has 3 rings (SSSR count). The van der Waals surface area contributed by atoms with Crippen molar-refractivity contribution in [3.05, 3.63) is 35.8 Å². The molecule has 0 fully saturated rings. The Morgan fingerprint density at radius 1 is 1.26 bits per heavy atom. The monoisotopic (exact) mass is 399 g/mol. The first kappa shape index (κ1) is 19.0. The molecule has 0 aliphatic carbocycles. The van der Waals surface area contributed by atoms with Gasteiger partial charge in [-0.25, -0.2) is 18.4 Å². The highest BCUT2D eigenvalue weighted by Gasteiger charge is 2.37. The summed E-state index contributed by atoms with van der Waals surface area (Å²) in [6, 6.07) is 2.90. The molecule has 0 atom stereocenters. The van der Waals surface area contributed by atoms with E-state index >= 15 is 0 Å². The lowest BCUT2D eigenvalue weighted by atomic mass is 10.3. The fourth-order valence-electron chi connectivity index (χ4n) is 2.57. The molecular weight excluding hydrogens is 383 g/mol. The third-order valence-electron chi connectivity index (χ3n) is 4.04. The van der Waals surface area contributed by atoms with Gasteiger partial charge in [0.2, 0.25) is 0 Å². The third kappa shape index (κ3) is 3.29. The summed E-state index contributed by atoms with van der Waals surface area (Å²) in [5.74, 6) is 0.213. The second-order valence-electron chi connectivity index (χ2n) is 5.72. The minimum Gasteiger partial charge on any atom is -0.311 e. The largest absolute Gasteiger partial charge is 0.432 e. The lowest BCUT2D eigenvalue weighted by Gasteiger charge is -2.20. The van der Waals surface area contributed by atoms with Crippen molar-refractivity contribution in [2.24, 2.45) is 7.05 Å². The number of alkyl halides is 3. The molecule has 3 heterocycles. The maximum Gasteiger partial charge on any atom is 0.432 e. The average Bonchev–Trinajstić information content (AvgIpc) is 2.96. The van der Waals surface area contributed by atoms with Crippen molar-refractivity contribution in [1.29, 1.82) is 0 Å². The Kier molecular flexibility index (Phi) is 4.50. The summed E-state index contributed by atoms with van der Waals surface area (Å²) >= 11 is 0. The zero-order chi connectivity index (χ0) is 20.0. The fraction of sp³-hybridized carbons (Fsp3) is 0.250. The van der Waals surface area contributed by atoms with Crippen LogP contribution < -0.4 is 10.9 Å². The van der Waals surface area contributed by atoms with E-state index in [1.54, 1.807) is 7.05 Å². The summed E-state index contributed by atoms with van der Waals surface area (Å²) in [6.45, 7) is 5.10. The van der Waals surface area contributed by atoms with E-state index in [-0.39, 0.29) is 33.7 Å². The molecule has 7 nitrogen and oxygen atoms in total. The predicted octanol–water partition coefficient (Wildman–Crippen LogP) is 2.75. The Balaban J connectivity index is 2.24. The van der Waals surface area contributed by atoms with Crippen LogP contribution in [0.1, 0.15) is 18.3 Å². The van der Waals surface area contributed by atoms with Crippen LogP contribution in [0.5, 0.6) is 0 Å². The molecule has 0 spiro atoms. The molecule has 1 aliphatic heterocycles. The molecular formula is C16H16F3N5O2S. The number of aromatic nitrogens is 3. The summed E-state index contributed by atoms with van der Waals surface area (Å²) in [7, 11) is -2.09. The fourth-order valence-corrected chi connectivity index (χ4v) is 3.59. The second kappa shape index (κ2) is 6.41. The van der Waals surface area contributed by atoms with Crippen LogP contribution in [0.3, 0.4) is 0 Å². The number of rotatable bonds is 4. The van der Waals surface area contributed by atoms with Crippen LogP contribution in [-0.4, -0.2) is 34.9 Å². The Bertz CT molecular complexity index is 1050. The number of anilines is 1. The molecule has 0 amide bonds. The van der Waals surface area contributed by atoms with E-state index in [0.29, 0.717) is 5.69 Å². The molecule has 27 heavy (non-hydrogen) atoms. The summed E-state index contributed by atoms with van der Waals surface area (Å²) in [5.41, 5.74) is 3.99. The molecule has 0 saturated heterocycles. The smallest absolute Gasteiger partial charge is 0.311 e. The lowest BCUT2D eigenvalue weighted by molar-refractivity contribution is -0.0951. The molecule has 0 unspecified atom stereocenters. The maximum atomic E-state index is 12.9. The van der Waals surface area contributed by atoms with Crippen LogP contribution in [0.4, 0.5) is 19.0 Å². The van der Waals surface area contributed by atoms with Crippen LogP contribution in [0.2, 0.25) is 0 Å². The van der Waals surface area contributed by atoms with Gasteiger partial charge in [0.1, 0.15) is 17.1 Å². The van der Waals surface area contributed by atoms with Gasteiger partial charge in [-0.2, -0.15) is 13.2 Å². The van der Waals surface area contributed by atoms with Crippen molar-refractivity contribution in [2.45, 2.75) is 18.0 Å². The summed E-state index contributed by atoms with van der Waals surface area (Å²) < 4.78 is 65.1. The summed E-state index contributed by atoms with van der Waals surface area (Å²) in [5, 5.41) is 0. The van der Waals surface area contributed by atoms with E-state index in [0.717, 1.165) is 6.08 Å². The van der Waals surface area contributed by atoms with Gasteiger partial charge < -0.3 is 4.57 Å². The van der Waals surface area contributed by atoms with Gasteiger partial charge in [0.05, 0.1) is 16.3 Å². The Morgan fingerprint density at radius 2 is 1.96 bits per heavy atom. The molecule has 0 bridgehead atoms. The van der Waals surface area contributed by atoms with Gasteiger partial charge in [0.15, 0.2) is 21.5 Å². The number of halogens is 3. The average molecular weight is 399 g/mol. The zero-order valence-electron chi connectivity index (χ0n) is 14.4. The van der Waals surface area contributed by atoms with Gasteiger partial charge in [-0.1, -0.05) is 13.5 Å². The zero-order valence-corrected chi connectivity index (χ0v) is 15.2. The number of fused-ring (bicyclic) bond motifs is 1. The van der Waals surface area contributed by atoms with Gasteiger partial charge in [-0.15, -0.1) is 0 Å². The highest BCUT2D eigenvalue weighted by Crippen LogP contribution is 2.34. The first-order valence-electron chi connectivity index (χ1n) is 7.82. The molecule has 0 aromatic carbocycles. The van der Waals surface area contributed by atoms with Crippen molar-refractivity contribution < 1.29 is 21.6 Å². The van der Waals surface area contributed by atoms with Gasteiger partial charge in [0, 0.05) is 7.05 Å². The van der Waals surface area contributed by atoms with Crippen molar-refractivity contribution in [2.75, 3.05) is 11.2 Å². The number of hydrogen-bond acceptors (Lipinski definition) is 6. The van der Waals surface area contributed by atoms with Gasteiger partial charge >= 0.3 is 6.18 Å². The SMILES string of the molecule is C=Cc1ccc(S(=O)(=O)CC)c(-c2nc3c(n2C)NNC(C(F)(F)F)=C3)n1. The number of hydrogen-bond donors (Lipinski definition) is 2. The molecule has 11 heteroatoms. The molecule has 144 valence electrons. The minimum absolute atomic E-state index is 0.0178. The summed E-state index contributed by atoms with van der Waals surface area (Å²) in [4.78, 5) is 8.42. The van der Waals surface area contributed by atoms with Gasteiger partial charge in [0.25, 0.3) is 0 Å². The normalized spacial score (nSPS) is 14.0. The van der Waals surface area contributed by atoms with E-state index in [9.17, 15) is 21.6 Å². The first-order valence-corrected chi connectivity index (χ1v) is 9.48. The summed E-state index contributed by atoms with van der Waals surface area (Å²) in [6.07, 6.45) is -2.29. The molecule has 2 aromatic rings. The van der Waals surface area contributed by atoms with E-state index in [2.05, 4.69) is 27.4 Å². The van der Waals surface area contributed by atoms with Crippen molar-refractivity contribution >= 4 is 27.8 Å². The van der Waals surface area contributed by atoms with Crippen LogP contribution in [-0.2, 0) is 16.9 Å². The first-order chi connectivity index (χ1) is 12.6. The van der Waals surface area contributed by atoms with Crippen LogP contribution >= 0.6 is 0 Å². The lowest BCUT2D eigenvalue weighted by Crippen LogP contribution is -2.33.